The molecule has 0 heterocycles. The monoisotopic (exact) mass is 494 g/mol. The summed E-state index contributed by atoms with van der Waals surface area (Å²) >= 11 is 0. The van der Waals surface area contributed by atoms with E-state index >= 15 is 0 Å². The molecule has 0 aliphatic carbocycles. The number of nitriles is 2. The number of hydrogen-bond donors (Lipinski definition) is 0. The van der Waals surface area contributed by atoms with Gasteiger partial charge in [0.05, 0.1) is 33.1 Å². The Balaban J connectivity index is 2.37. The molecular weight excluding hydrogens is 480 g/mol. The number of carbonyl (C=O) groups is 4. The molecule has 14 heteroatoms. The van der Waals surface area contributed by atoms with Crippen molar-refractivity contribution < 1.29 is 38.5 Å². The summed E-state index contributed by atoms with van der Waals surface area (Å²) in [6.07, 6.45) is 0.214. The van der Waals surface area contributed by atoms with E-state index in [0.29, 0.717) is 0 Å². The molecule has 2 aromatic rings. The first-order valence-corrected chi connectivity index (χ1v) is 9.81. The van der Waals surface area contributed by atoms with Gasteiger partial charge in [-0.3, -0.25) is 20.2 Å². The normalized spacial score (nSPS) is 9.92. The molecule has 14 nitrogen and oxygen atoms in total. The second kappa shape index (κ2) is 10.6. The van der Waals surface area contributed by atoms with Crippen molar-refractivity contribution in [3.8, 4) is 12.1 Å². The van der Waals surface area contributed by atoms with Crippen LogP contribution in [0.3, 0.4) is 0 Å². The van der Waals surface area contributed by atoms with Crippen LogP contribution in [0.1, 0.15) is 55.5 Å². The molecule has 0 radical (unpaired) electrons. The zero-order valence-electron chi connectivity index (χ0n) is 18.8. The quantitative estimate of drug-likeness (QED) is 0.192. The molecule has 0 aromatic heterocycles. The molecule has 0 amide bonds. The van der Waals surface area contributed by atoms with Gasteiger partial charge in [-0.2, -0.15) is 10.5 Å². The minimum Gasteiger partial charge on any atom is -0.381 e. The van der Waals surface area contributed by atoms with Gasteiger partial charge in [-0.1, -0.05) is 6.92 Å². The van der Waals surface area contributed by atoms with E-state index in [-0.39, 0.29) is 34.2 Å². The van der Waals surface area contributed by atoms with Crippen LogP contribution < -0.4 is 0 Å². The van der Waals surface area contributed by atoms with Gasteiger partial charge in [-0.05, 0) is 43.0 Å². The molecule has 2 rings (SSSR count). The Morgan fingerprint density at radius 1 is 0.861 bits per heavy atom. The fourth-order valence-electron chi connectivity index (χ4n) is 3.29. The number of aryl methyl sites for hydroxylation is 1. The standard InChI is InChI=1S/C22H14N4O10/c1-4-12-7-16(26(33)34)18(11(3)14(12)9-24)20(28)36-22(30)21(29)35-19(27)17-10(2)13(8-23)5-6-15(17)25(31)32/h5-7H,4H2,1-3H3. The molecule has 0 fully saturated rings. The number of nitro benzene ring substituents is 2. The second-order valence-corrected chi connectivity index (χ2v) is 7.01. The van der Waals surface area contributed by atoms with Crippen molar-refractivity contribution in [1.82, 2.24) is 0 Å². The van der Waals surface area contributed by atoms with Crippen molar-refractivity contribution in [2.45, 2.75) is 27.2 Å². The van der Waals surface area contributed by atoms with E-state index in [9.17, 15) is 44.7 Å². The Morgan fingerprint density at radius 2 is 1.36 bits per heavy atom. The lowest BCUT2D eigenvalue weighted by Crippen LogP contribution is -2.27. The number of nitro groups is 2. The van der Waals surface area contributed by atoms with E-state index in [1.165, 1.54) is 13.8 Å². The Kier molecular flexibility index (Phi) is 7.89. The molecular formula is C22H14N4O10. The van der Waals surface area contributed by atoms with Crippen LogP contribution in [0.4, 0.5) is 11.4 Å². The first-order valence-electron chi connectivity index (χ1n) is 9.81. The Morgan fingerprint density at radius 3 is 1.78 bits per heavy atom. The summed E-state index contributed by atoms with van der Waals surface area (Å²) in [4.78, 5) is 69.9. The predicted octanol–water partition coefficient (Wildman–Crippen LogP) is 2.49. The van der Waals surface area contributed by atoms with Crippen molar-refractivity contribution in [2.75, 3.05) is 0 Å². The highest BCUT2D eigenvalue weighted by molar-refractivity contribution is 6.34. The lowest BCUT2D eigenvalue weighted by atomic mass is 9.94. The average Bonchev–Trinajstić information content (AvgIpc) is 2.82. The van der Waals surface area contributed by atoms with E-state index in [1.807, 2.05) is 0 Å². The molecule has 0 saturated heterocycles. The van der Waals surface area contributed by atoms with Crippen LogP contribution in [0, 0.1) is 56.7 Å². The highest BCUT2D eigenvalue weighted by atomic mass is 16.6. The zero-order chi connectivity index (χ0) is 27.3. The van der Waals surface area contributed by atoms with Gasteiger partial charge in [0.15, 0.2) is 0 Å². The summed E-state index contributed by atoms with van der Waals surface area (Å²) in [5.41, 5.74) is -3.51. The number of rotatable bonds is 5. The molecule has 0 aliphatic rings. The van der Waals surface area contributed by atoms with Crippen molar-refractivity contribution in [3.05, 3.63) is 77.4 Å². The number of ether oxygens (including phenoxy) is 2. The number of esters is 4. The first kappa shape index (κ1) is 26.7. The summed E-state index contributed by atoms with van der Waals surface area (Å²) in [6, 6.07) is 6.32. The second-order valence-electron chi connectivity index (χ2n) is 7.01. The topological polar surface area (TPSA) is 221 Å². The van der Waals surface area contributed by atoms with Crippen LogP contribution >= 0.6 is 0 Å². The molecule has 0 bridgehead atoms. The summed E-state index contributed by atoms with van der Waals surface area (Å²) in [5.74, 6) is -7.46. The van der Waals surface area contributed by atoms with Crippen LogP contribution in [0.5, 0.6) is 0 Å². The highest BCUT2D eigenvalue weighted by Gasteiger charge is 2.34. The molecule has 0 unspecified atom stereocenters. The third kappa shape index (κ3) is 5.02. The Labute approximate surface area is 201 Å². The van der Waals surface area contributed by atoms with E-state index in [2.05, 4.69) is 9.47 Å². The Hall–Kier alpha value is -5.50. The third-order valence-electron chi connectivity index (χ3n) is 5.03. The fourth-order valence-corrected chi connectivity index (χ4v) is 3.29. The van der Waals surface area contributed by atoms with E-state index in [0.717, 1.165) is 18.2 Å². The largest absolute Gasteiger partial charge is 0.425 e. The first-order chi connectivity index (χ1) is 16.9. The van der Waals surface area contributed by atoms with Crippen LogP contribution in [-0.2, 0) is 25.5 Å². The van der Waals surface area contributed by atoms with Crippen molar-refractivity contribution in [2.24, 2.45) is 0 Å². The summed E-state index contributed by atoms with van der Waals surface area (Å²) in [5, 5.41) is 41.1. The van der Waals surface area contributed by atoms with Crippen molar-refractivity contribution in [1.29, 1.82) is 10.5 Å². The maximum atomic E-state index is 12.5. The number of hydrogen-bond acceptors (Lipinski definition) is 12. The minimum atomic E-state index is -2.06. The van der Waals surface area contributed by atoms with Crippen LogP contribution in [0.25, 0.3) is 0 Å². The van der Waals surface area contributed by atoms with Crippen molar-refractivity contribution >= 4 is 35.3 Å². The molecule has 2 aromatic carbocycles. The van der Waals surface area contributed by atoms with E-state index in [4.69, 9.17) is 5.26 Å². The zero-order valence-corrected chi connectivity index (χ0v) is 18.8. The number of carbonyl (C=O) groups excluding carboxylic acids is 4. The predicted molar refractivity (Wildman–Crippen MR) is 115 cm³/mol. The van der Waals surface area contributed by atoms with Gasteiger partial charge < -0.3 is 9.47 Å². The highest BCUT2D eigenvalue weighted by Crippen LogP contribution is 2.30. The maximum Gasteiger partial charge on any atom is 0.425 e. The van der Waals surface area contributed by atoms with Gasteiger partial charge in [0.1, 0.15) is 11.1 Å². The Bertz CT molecular complexity index is 1450. The van der Waals surface area contributed by atoms with Gasteiger partial charge >= 0.3 is 23.9 Å². The summed E-state index contributed by atoms with van der Waals surface area (Å²) in [7, 11) is 0. The van der Waals surface area contributed by atoms with E-state index < -0.39 is 56.2 Å². The molecule has 0 aliphatic heterocycles. The number of benzene rings is 2. The van der Waals surface area contributed by atoms with Crippen molar-refractivity contribution in [3.63, 3.8) is 0 Å². The fraction of sp³-hybridized carbons (Fsp3) is 0.182. The lowest BCUT2D eigenvalue weighted by Gasteiger charge is -2.11. The molecule has 0 saturated carbocycles. The summed E-state index contributed by atoms with van der Waals surface area (Å²) < 4.78 is 8.62. The molecule has 0 atom stereocenters. The van der Waals surface area contributed by atoms with Gasteiger partial charge in [-0.25, -0.2) is 19.2 Å². The summed E-state index contributed by atoms with van der Waals surface area (Å²) in [6.45, 7) is 3.99. The van der Waals surface area contributed by atoms with Crippen LogP contribution in [0.2, 0.25) is 0 Å². The van der Waals surface area contributed by atoms with Gasteiger partial charge in [0, 0.05) is 12.1 Å². The van der Waals surface area contributed by atoms with Gasteiger partial charge in [0.25, 0.3) is 11.4 Å². The lowest BCUT2D eigenvalue weighted by molar-refractivity contribution is -0.385. The number of nitrogens with zero attached hydrogens (tertiary/aromatic N) is 4. The molecule has 182 valence electrons. The van der Waals surface area contributed by atoms with Crippen LogP contribution in [0.15, 0.2) is 18.2 Å². The van der Waals surface area contributed by atoms with Gasteiger partial charge in [-0.15, -0.1) is 0 Å². The van der Waals surface area contributed by atoms with Gasteiger partial charge in [0.2, 0.25) is 0 Å². The molecule has 36 heavy (non-hydrogen) atoms. The SMILES string of the molecule is CCc1cc([N+](=O)[O-])c(C(=O)OC(=O)C(=O)OC(=O)c2c([N+](=O)[O-])ccc(C#N)c2C)c(C)c1C#N. The average molecular weight is 494 g/mol. The van der Waals surface area contributed by atoms with E-state index in [1.54, 1.807) is 19.1 Å². The maximum absolute atomic E-state index is 12.5. The smallest absolute Gasteiger partial charge is 0.381 e. The molecule has 0 N–H and O–H groups in total. The molecule has 0 spiro atoms. The minimum absolute atomic E-state index is 0.0691. The van der Waals surface area contributed by atoms with Crippen LogP contribution in [-0.4, -0.2) is 33.7 Å². The third-order valence-corrected chi connectivity index (χ3v) is 5.03.